The summed E-state index contributed by atoms with van der Waals surface area (Å²) in [6.07, 6.45) is 0.615. The Hall–Kier alpha value is -2.15. The number of carbonyl (C=O) groups is 1. The smallest absolute Gasteiger partial charge is 0.338 e. The van der Waals surface area contributed by atoms with Gasteiger partial charge >= 0.3 is 5.97 Å². The molecule has 2 rings (SSSR count). The second kappa shape index (κ2) is 5.46. The summed E-state index contributed by atoms with van der Waals surface area (Å²) < 4.78 is 5.45. The third kappa shape index (κ3) is 2.44. The number of nitrogens with zero attached hydrogens (tertiary/aromatic N) is 2. The zero-order chi connectivity index (χ0) is 14.9. The fourth-order valence-corrected chi connectivity index (χ4v) is 2.62. The number of anilines is 1. The Morgan fingerprint density at radius 1 is 1.55 bits per heavy atom. The van der Waals surface area contributed by atoms with Crippen LogP contribution in [0.4, 0.5) is 11.4 Å². The van der Waals surface area contributed by atoms with Gasteiger partial charge in [-0.05, 0) is 19.4 Å². The molecule has 108 valence electrons. The molecule has 2 unspecified atom stereocenters. The predicted molar refractivity (Wildman–Crippen MR) is 72.3 cm³/mol. The Labute approximate surface area is 115 Å². The van der Waals surface area contributed by atoms with Gasteiger partial charge in [-0.2, -0.15) is 0 Å². The number of hydrogen-bond acceptors (Lipinski definition) is 5. The first-order valence-electron chi connectivity index (χ1n) is 6.28. The highest BCUT2D eigenvalue weighted by Crippen LogP contribution is 2.35. The summed E-state index contributed by atoms with van der Waals surface area (Å²) in [7, 11) is 1.67. The SMILES string of the molecule is CC1OCCC1N(C)c1c(C(=O)O)cccc1[N+](=O)[O-]. The van der Waals surface area contributed by atoms with Crippen LogP contribution in [0.15, 0.2) is 18.2 Å². The largest absolute Gasteiger partial charge is 0.478 e. The number of nitro benzene ring substituents is 1. The van der Waals surface area contributed by atoms with E-state index in [1.807, 2.05) is 6.92 Å². The van der Waals surface area contributed by atoms with Crippen LogP contribution in [-0.2, 0) is 4.74 Å². The van der Waals surface area contributed by atoms with E-state index in [4.69, 9.17) is 4.74 Å². The van der Waals surface area contributed by atoms with Crippen LogP contribution >= 0.6 is 0 Å². The molecule has 0 aliphatic carbocycles. The van der Waals surface area contributed by atoms with E-state index in [0.717, 1.165) is 0 Å². The van der Waals surface area contributed by atoms with E-state index in [9.17, 15) is 20.0 Å². The van der Waals surface area contributed by atoms with Gasteiger partial charge in [0, 0.05) is 19.7 Å². The number of aromatic carboxylic acids is 1. The van der Waals surface area contributed by atoms with Gasteiger partial charge in [0.25, 0.3) is 5.69 Å². The fourth-order valence-electron chi connectivity index (χ4n) is 2.62. The number of hydrogen-bond donors (Lipinski definition) is 1. The zero-order valence-electron chi connectivity index (χ0n) is 11.3. The summed E-state index contributed by atoms with van der Waals surface area (Å²) in [5.41, 5.74) is -0.139. The first-order chi connectivity index (χ1) is 9.43. The molecule has 7 nitrogen and oxygen atoms in total. The zero-order valence-corrected chi connectivity index (χ0v) is 11.3. The van der Waals surface area contributed by atoms with Crippen LogP contribution in [-0.4, -0.2) is 41.8 Å². The van der Waals surface area contributed by atoms with Gasteiger partial charge in [0.2, 0.25) is 0 Å². The molecule has 1 heterocycles. The van der Waals surface area contributed by atoms with Crippen LogP contribution in [0.5, 0.6) is 0 Å². The summed E-state index contributed by atoms with van der Waals surface area (Å²) >= 11 is 0. The van der Waals surface area contributed by atoms with E-state index in [1.165, 1.54) is 18.2 Å². The Balaban J connectivity index is 2.52. The highest BCUT2D eigenvalue weighted by atomic mass is 16.6. The lowest BCUT2D eigenvalue weighted by Crippen LogP contribution is -2.38. The summed E-state index contributed by atoms with van der Waals surface area (Å²) in [4.78, 5) is 23.6. The summed E-state index contributed by atoms with van der Waals surface area (Å²) in [5, 5.41) is 20.4. The molecule has 20 heavy (non-hydrogen) atoms. The van der Waals surface area contributed by atoms with E-state index in [0.29, 0.717) is 13.0 Å². The molecule has 1 fully saturated rings. The molecule has 1 aromatic rings. The summed E-state index contributed by atoms with van der Waals surface area (Å²) in [5.74, 6) is -1.18. The number of carboxylic acids is 1. The van der Waals surface area contributed by atoms with Crippen LogP contribution in [0.1, 0.15) is 23.7 Å². The Kier molecular flexibility index (Phi) is 3.89. The van der Waals surface area contributed by atoms with Crippen molar-refractivity contribution in [2.75, 3.05) is 18.6 Å². The van der Waals surface area contributed by atoms with Crippen molar-refractivity contribution in [3.05, 3.63) is 33.9 Å². The topological polar surface area (TPSA) is 92.9 Å². The van der Waals surface area contributed by atoms with E-state index in [-0.39, 0.29) is 29.1 Å². The molecular weight excluding hydrogens is 264 g/mol. The minimum absolute atomic E-state index is 0.0687. The molecule has 1 N–H and O–H groups in total. The number of carboxylic acid groups (broad SMARTS) is 1. The van der Waals surface area contributed by atoms with Gasteiger partial charge in [0.15, 0.2) is 0 Å². The van der Waals surface area contributed by atoms with Crippen molar-refractivity contribution in [2.45, 2.75) is 25.5 Å². The Morgan fingerprint density at radius 2 is 2.25 bits per heavy atom. The van der Waals surface area contributed by atoms with Crippen molar-refractivity contribution in [1.82, 2.24) is 0 Å². The van der Waals surface area contributed by atoms with Gasteiger partial charge in [0.05, 0.1) is 22.6 Å². The van der Waals surface area contributed by atoms with Crippen molar-refractivity contribution in [1.29, 1.82) is 0 Å². The maximum atomic E-state index is 11.3. The van der Waals surface area contributed by atoms with Gasteiger partial charge in [-0.3, -0.25) is 10.1 Å². The van der Waals surface area contributed by atoms with E-state index in [1.54, 1.807) is 11.9 Å². The number of likely N-dealkylation sites (N-methyl/N-ethyl adjacent to an activating group) is 1. The standard InChI is InChI=1S/C13H16N2O5/c1-8-10(6-7-20-8)14(2)12-9(13(16)17)4-3-5-11(12)15(18)19/h3-5,8,10H,6-7H2,1-2H3,(H,16,17). The molecule has 7 heteroatoms. The van der Waals surface area contributed by atoms with Gasteiger partial charge in [-0.25, -0.2) is 4.79 Å². The molecule has 0 saturated carbocycles. The number of ether oxygens (including phenoxy) is 1. The van der Waals surface area contributed by atoms with Gasteiger partial charge < -0.3 is 14.7 Å². The van der Waals surface area contributed by atoms with Gasteiger partial charge in [-0.1, -0.05) is 6.07 Å². The van der Waals surface area contributed by atoms with E-state index < -0.39 is 10.9 Å². The van der Waals surface area contributed by atoms with Crippen LogP contribution in [0.3, 0.4) is 0 Å². The van der Waals surface area contributed by atoms with Crippen molar-refractivity contribution >= 4 is 17.3 Å². The van der Waals surface area contributed by atoms with Crippen molar-refractivity contribution in [3.63, 3.8) is 0 Å². The van der Waals surface area contributed by atoms with Gasteiger partial charge in [-0.15, -0.1) is 0 Å². The van der Waals surface area contributed by atoms with E-state index >= 15 is 0 Å². The fraction of sp³-hybridized carbons (Fsp3) is 0.462. The normalized spacial score (nSPS) is 21.7. The molecule has 1 aliphatic heterocycles. The summed E-state index contributed by atoms with van der Waals surface area (Å²) in [6.45, 7) is 2.45. The number of rotatable bonds is 4. The average molecular weight is 280 g/mol. The molecule has 0 spiro atoms. The highest BCUT2D eigenvalue weighted by Gasteiger charge is 2.33. The third-order valence-corrected chi connectivity index (χ3v) is 3.63. The van der Waals surface area contributed by atoms with Crippen molar-refractivity contribution < 1.29 is 19.6 Å². The Bertz CT molecular complexity index is 513. The monoisotopic (exact) mass is 280 g/mol. The summed E-state index contributed by atoms with van der Waals surface area (Å²) in [6, 6.07) is 4.00. The lowest BCUT2D eigenvalue weighted by Gasteiger charge is -2.29. The molecule has 0 aromatic heterocycles. The second-order valence-electron chi connectivity index (χ2n) is 4.78. The highest BCUT2D eigenvalue weighted by molar-refractivity contribution is 5.97. The maximum absolute atomic E-state index is 11.3. The Morgan fingerprint density at radius 3 is 2.75 bits per heavy atom. The lowest BCUT2D eigenvalue weighted by molar-refractivity contribution is -0.384. The second-order valence-corrected chi connectivity index (χ2v) is 4.78. The van der Waals surface area contributed by atoms with Crippen LogP contribution in [0.25, 0.3) is 0 Å². The molecule has 1 aliphatic rings. The quantitative estimate of drug-likeness (QED) is 0.669. The first kappa shape index (κ1) is 14.3. The van der Waals surface area contributed by atoms with Crippen molar-refractivity contribution in [3.8, 4) is 0 Å². The molecular formula is C13H16N2O5. The number of benzene rings is 1. The number of para-hydroxylation sites is 1. The molecule has 0 amide bonds. The van der Waals surface area contributed by atoms with Gasteiger partial charge in [0.1, 0.15) is 5.69 Å². The minimum atomic E-state index is -1.18. The molecule has 0 bridgehead atoms. The maximum Gasteiger partial charge on any atom is 0.338 e. The predicted octanol–water partition coefficient (Wildman–Crippen LogP) is 1.91. The molecule has 1 aromatic carbocycles. The molecule has 0 radical (unpaired) electrons. The average Bonchev–Trinajstić information content (AvgIpc) is 2.83. The van der Waals surface area contributed by atoms with E-state index in [2.05, 4.69) is 0 Å². The molecule has 1 saturated heterocycles. The van der Waals surface area contributed by atoms with Crippen LogP contribution < -0.4 is 4.90 Å². The lowest BCUT2D eigenvalue weighted by atomic mass is 10.1. The molecule has 2 atom stereocenters. The first-order valence-corrected chi connectivity index (χ1v) is 6.28. The minimum Gasteiger partial charge on any atom is -0.478 e. The number of nitro groups is 1. The third-order valence-electron chi connectivity index (χ3n) is 3.63. The van der Waals surface area contributed by atoms with Crippen molar-refractivity contribution in [2.24, 2.45) is 0 Å². The van der Waals surface area contributed by atoms with Crippen LogP contribution in [0, 0.1) is 10.1 Å². The van der Waals surface area contributed by atoms with Crippen LogP contribution in [0.2, 0.25) is 0 Å².